The van der Waals surface area contributed by atoms with Gasteiger partial charge in [0.05, 0.1) is 12.2 Å². The van der Waals surface area contributed by atoms with Gasteiger partial charge < -0.3 is 16.0 Å². The van der Waals surface area contributed by atoms with Crippen LogP contribution in [0.15, 0.2) is 6.20 Å². The summed E-state index contributed by atoms with van der Waals surface area (Å²) < 4.78 is 1.89. The first-order valence-electron chi connectivity index (χ1n) is 8.98. The molecule has 1 unspecified atom stereocenters. The maximum absolute atomic E-state index is 12.1. The van der Waals surface area contributed by atoms with Gasteiger partial charge >= 0.3 is 6.03 Å². The Balaban J connectivity index is 1.34. The number of hydrogen-bond acceptors (Lipinski definition) is 3. The van der Waals surface area contributed by atoms with E-state index in [0.717, 1.165) is 44.1 Å². The van der Waals surface area contributed by atoms with Crippen molar-refractivity contribution < 1.29 is 9.59 Å². The van der Waals surface area contributed by atoms with Crippen molar-refractivity contribution in [2.45, 2.75) is 51.0 Å². The van der Waals surface area contributed by atoms with E-state index >= 15 is 0 Å². The summed E-state index contributed by atoms with van der Waals surface area (Å²) in [5.74, 6) is 0.387. The zero-order valence-electron chi connectivity index (χ0n) is 14.3. The molecule has 2 aliphatic carbocycles. The van der Waals surface area contributed by atoms with Gasteiger partial charge in [-0.25, -0.2) is 4.79 Å². The first-order chi connectivity index (χ1) is 11.6. The van der Waals surface area contributed by atoms with Crippen LogP contribution in [0.4, 0.5) is 4.79 Å². The normalized spacial score (nSPS) is 20.0. The van der Waals surface area contributed by atoms with E-state index < -0.39 is 0 Å². The lowest BCUT2D eigenvalue weighted by Crippen LogP contribution is -2.40. The lowest BCUT2D eigenvalue weighted by Gasteiger charge is -2.24. The highest BCUT2D eigenvalue weighted by molar-refractivity contribution is 5.79. The number of hydrogen-bond donors (Lipinski definition) is 3. The molecule has 0 aliphatic heterocycles. The molecule has 0 aromatic carbocycles. The Morgan fingerprint density at radius 2 is 2.00 bits per heavy atom. The zero-order valence-corrected chi connectivity index (χ0v) is 14.3. The molecular weight excluding hydrogens is 306 g/mol. The van der Waals surface area contributed by atoms with Gasteiger partial charge in [-0.2, -0.15) is 5.10 Å². The molecule has 3 rings (SSSR count). The first-order valence-corrected chi connectivity index (χ1v) is 8.98. The van der Waals surface area contributed by atoms with E-state index in [1.54, 1.807) is 0 Å². The summed E-state index contributed by atoms with van der Waals surface area (Å²) in [5, 5.41) is 13.1. The van der Waals surface area contributed by atoms with Crippen molar-refractivity contribution in [3.05, 3.63) is 17.5 Å². The van der Waals surface area contributed by atoms with E-state index in [1.165, 1.54) is 12.1 Å². The highest BCUT2D eigenvalue weighted by atomic mass is 16.2. The molecule has 132 valence electrons. The van der Waals surface area contributed by atoms with Crippen LogP contribution in [-0.2, 0) is 18.3 Å². The van der Waals surface area contributed by atoms with Crippen molar-refractivity contribution in [3.8, 4) is 0 Å². The summed E-state index contributed by atoms with van der Waals surface area (Å²) in [6.45, 7) is 1.18. The number of rotatable bonds is 6. The molecule has 1 fully saturated rings. The minimum Gasteiger partial charge on any atom is -0.356 e. The van der Waals surface area contributed by atoms with Crippen LogP contribution >= 0.6 is 0 Å². The summed E-state index contributed by atoms with van der Waals surface area (Å²) in [6, 6.07) is -0.109. The monoisotopic (exact) mass is 333 g/mol. The molecule has 7 nitrogen and oxygen atoms in total. The molecule has 0 radical (unpaired) electrons. The summed E-state index contributed by atoms with van der Waals surface area (Å²) in [4.78, 5) is 23.7. The third-order valence-electron chi connectivity index (χ3n) is 5.10. The van der Waals surface area contributed by atoms with Gasteiger partial charge in [-0.3, -0.25) is 9.48 Å². The number of aromatic nitrogens is 2. The van der Waals surface area contributed by atoms with Crippen molar-refractivity contribution in [1.82, 2.24) is 25.7 Å². The van der Waals surface area contributed by atoms with Crippen LogP contribution in [-0.4, -0.2) is 34.8 Å². The van der Waals surface area contributed by atoms with E-state index in [9.17, 15) is 9.59 Å². The molecule has 1 saturated carbocycles. The van der Waals surface area contributed by atoms with Crippen molar-refractivity contribution in [3.63, 3.8) is 0 Å². The topological polar surface area (TPSA) is 88.1 Å². The Morgan fingerprint density at radius 3 is 2.75 bits per heavy atom. The van der Waals surface area contributed by atoms with E-state index in [4.69, 9.17) is 0 Å². The van der Waals surface area contributed by atoms with Crippen LogP contribution in [0.25, 0.3) is 0 Å². The van der Waals surface area contributed by atoms with E-state index in [2.05, 4.69) is 21.0 Å². The van der Waals surface area contributed by atoms with Crippen LogP contribution in [0.2, 0.25) is 0 Å². The highest BCUT2D eigenvalue weighted by Gasteiger charge is 2.25. The minimum atomic E-state index is -0.151. The van der Waals surface area contributed by atoms with Gasteiger partial charge in [0, 0.05) is 37.3 Å². The van der Waals surface area contributed by atoms with Crippen molar-refractivity contribution in [2.75, 3.05) is 13.1 Å². The lowest BCUT2D eigenvalue weighted by molar-refractivity contribution is -0.127. The maximum Gasteiger partial charge on any atom is 0.315 e. The average Bonchev–Trinajstić information content (AvgIpc) is 2.88. The Labute approximate surface area is 142 Å². The zero-order chi connectivity index (χ0) is 16.9. The third kappa shape index (κ3) is 3.88. The number of carbonyl (C=O) groups is 2. The number of carbonyl (C=O) groups excluding carboxylic acids is 2. The summed E-state index contributed by atoms with van der Waals surface area (Å²) >= 11 is 0. The molecule has 1 heterocycles. The second-order valence-electron chi connectivity index (χ2n) is 6.79. The van der Waals surface area contributed by atoms with Crippen LogP contribution in [0.1, 0.15) is 55.8 Å². The van der Waals surface area contributed by atoms with E-state index in [-0.39, 0.29) is 23.9 Å². The largest absolute Gasteiger partial charge is 0.356 e. The highest BCUT2D eigenvalue weighted by Crippen LogP contribution is 2.29. The fourth-order valence-corrected chi connectivity index (χ4v) is 3.38. The van der Waals surface area contributed by atoms with E-state index in [1.807, 2.05) is 17.9 Å². The molecule has 3 amide bonds. The fourth-order valence-electron chi connectivity index (χ4n) is 3.38. The SMILES string of the molecule is Cn1ncc2c1CCCC2NC(=O)NCCCNC(=O)C1CCC1. The van der Waals surface area contributed by atoms with Gasteiger partial charge in [-0.1, -0.05) is 6.42 Å². The average molecular weight is 333 g/mol. The summed E-state index contributed by atoms with van der Waals surface area (Å²) in [6.07, 6.45) is 8.83. The molecule has 1 aromatic heterocycles. The van der Waals surface area contributed by atoms with Gasteiger partial charge in [0.15, 0.2) is 0 Å². The molecule has 3 N–H and O–H groups in total. The van der Waals surface area contributed by atoms with Crippen LogP contribution < -0.4 is 16.0 Å². The van der Waals surface area contributed by atoms with Gasteiger partial charge in [-0.05, 0) is 38.5 Å². The van der Waals surface area contributed by atoms with Gasteiger partial charge in [0.1, 0.15) is 0 Å². The number of nitrogens with zero attached hydrogens (tertiary/aromatic N) is 2. The molecule has 0 spiro atoms. The predicted molar refractivity (Wildman–Crippen MR) is 90.4 cm³/mol. The summed E-state index contributed by atoms with van der Waals surface area (Å²) in [7, 11) is 1.94. The standard InChI is InChI=1S/C17H27N5O2/c1-22-15-8-3-7-14(13(15)11-20-22)21-17(24)19-10-4-9-18-16(23)12-5-2-6-12/h11-12,14H,2-10H2,1H3,(H,18,23)(H2,19,21,24). The number of fused-ring (bicyclic) bond motifs is 1. The molecule has 0 bridgehead atoms. The van der Waals surface area contributed by atoms with Crippen molar-refractivity contribution >= 4 is 11.9 Å². The predicted octanol–water partition coefficient (Wildman–Crippen LogP) is 1.40. The van der Waals surface area contributed by atoms with E-state index in [0.29, 0.717) is 13.1 Å². The number of amides is 3. The number of nitrogens with one attached hydrogen (secondary N) is 3. The Hall–Kier alpha value is -2.05. The van der Waals surface area contributed by atoms with Gasteiger partial charge in [-0.15, -0.1) is 0 Å². The van der Waals surface area contributed by atoms with Crippen LogP contribution in [0, 0.1) is 5.92 Å². The second kappa shape index (κ2) is 7.68. The molecule has 2 aliphatic rings. The van der Waals surface area contributed by atoms with Gasteiger partial charge in [0.2, 0.25) is 5.91 Å². The second-order valence-corrected chi connectivity index (χ2v) is 6.79. The fraction of sp³-hybridized carbons (Fsp3) is 0.706. The quantitative estimate of drug-likeness (QED) is 0.688. The molecule has 1 aromatic rings. The maximum atomic E-state index is 12.1. The van der Waals surface area contributed by atoms with Crippen molar-refractivity contribution in [2.24, 2.45) is 13.0 Å². The molecule has 0 saturated heterocycles. The smallest absolute Gasteiger partial charge is 0.315 e. The molecule has 7 heteroatoms. The first kappa shape index (κ1) is 16.8. The Kier molecular flexibility index (Phi) is 5.37. The molecule has 24 heavy (non-hydrogen) atoms. The number of aryl methyl sites for hydroxylation is 1. The molecular formula is C17H27N5O2. The van der Waals surface area contributed by atoms with Crippen molar-refractivity contribution in [1.29, 1.82) is 0 Å². The Bertz CT molecular complexity index is 594. The third-order valence-corrected chi connectivity index (χ3v) is 5.10. The van der Waals surface area contributed by atoms with Crippen LogP contribution in [0.5, 0.6) is 0 Å². The van der Waals surface area contributed by atoms with Crippen LogP contribution in [0.3, 0.4) is 0 Å². The summed E-state index contributed by atoms with van der Waals surface area (Å²) in [5.41, 5.74) is 2.34. The Morgan fingerprint density at radius 1 is 1.21 bits per heavy atom. The molecule has 1 atom stereocenters. The van der Waals surface area contributed by atoms with Gasteiger partial charge in [0.25, 0.3) is 0 Å². The minimum absolute atomic E-state index is 0.0424. The number of urea groups is 1. The lowest BCUT2D eigenvalue weighted by atomic mass is 9.85.